The summed E-state index contributed by atoms with van der Waals surface area (Å²) in [5, 5.41) is 10.1. The first-order valence-corrected chi connectivity index (χ1v) is 10.5. The second-order valence-electron chi connectivity index (χ2n) is 10.3. The number of anilines is 1. The summed E-state index contributed by atoms with van der Waals surface area (Å²) in [5.41, 5.74) is 1.34. The maximum absolute atomic E-state index is 13.9. The van der Waals surface area contributed by atoms with Gasteiger partial charge in [-0.3, -0.25) is 4.79 Å². The van der Waals surface area contributed by atoms with Crippen molar-refractivity contribution in [2.24, 2.45) is 5.41 Å². The maximum Gasteiger partial charge on any atom is 0.410 e. The predicted molar refractivity (Wildman–Crippen MR) is 115 cm³/mol. The number of carbonyl (C=O) groups excluding carboxylic acids is 1. The molecule has 2 aromatic rings. The maximum atomic E-state index is 13.9. The number of hydrogen-bond donors (Lipinski definition) is 2. The van der Waals surface area contributed by atoms with Crippen molar-refractivity contribution < 1.29 is 18.0 Å². The molecule has 170 valence electrons. The number of alkyl halides is 3. The zero-order valence-corrected chi connectivity index (χ0v) is 18.9. The lowest BCUT2D eigenvalue weighted by atomic mass is 9.81. The average Bonchev–Trinajstić information content (AvgIpc) is 3.02. The first-order valence-electron chi connectivity index (χ1n) is 10.5. The van der Waals surface area contributed by atoms with Gasteiger partial charge < -0.3 is 10.6 Å². The van der Waals surface area contributed by atoms with Crippen molar-refractivity contribution in [3.8, 4) is 0 Å². The summed E-state index contributed by atoms with van der Waals surface area (Å²) in [4.78, 5) is 13.0. The van der Waals surface area contributed by atoms with E-state index in [4.69, 9.17) is 0 Å². The summed E-state index contributed by atoms with van der Waals surface area (Å²) in [6.45, 7) is 12.0. The monoisotopic (exact) mass is 436 g/mol. The number of benzene rings is 1. The Morgan fingerprint density at radius 2 is 1.77 bits per heavy atom. The largest absolute Gasteiger partial charge is 0.410 e. The lowest BCUT2D eigenvalue weighted by molar-refractivity contribution is -0.173. The molecule has 1 aliphatic heterocycles. The third-order valence-corrected chi connectivity index (χ3v) is 5.39. The summed E-state index contributed by atoms with van der Waals surface area (Å²) in [7, 11) is 0. The number of rotatable bonds is 4. The van der Waals surface area contributed by atoms with Crippen LogP contribution in [-0.4, -0.2) is 27.4 Å². The summed E-state index contributed by atoms with van der Waals surface area (Å²) in [5.74, 6) is -0.336. The Labute approximate surface area is 181 Å². The lowest BCUT2D eigenvalue weighted by Gasteiger charge is -2.35. The van der Waals surface area contributed by atoms with Crippen LogP contribution in [0, 0.1) is 12.3 Å². The quantitative estimate of drug-likeness (QED) is 0.637. The van der Waals surface area contributed by atoms with Crippen molar-refractivity contribution in [3.63, 3.8) is 0 Å². The van der Waals surface area contributed by atoms with Crippen molar-refractivity contribution in [3.05, 3.63) is 47.2 Å². The molecule has 0 saturated heterocycles. The van der Waals surface area contributed by atoms with Crippen molar-refractivity contribution >= 4 is 11.7 Å². The molecule has 1 aliphatic rings. The topological polar surface area (TPSA) is 59.0 Å². The molecule has 1 amide bonds. The van der Waals surface area contributed by atoms with Gasteiger partial charge in [-0.15, -0.1) is 0 Å². The molecule has 31 heavy (non-hydrogen) atoms. The Bertz CT molecular complexity index is 939. The van der Waals surface area contributed by atoms with E-state index < -0.39 is 29.7 Å². The van der Waals surface area contributed by atoms with Crippen LogP contribution in [0.15, 0.2) is 30.5 Å². The third kappa shape index (κ3) is 5.40. The first kappa shape index (κ1) is 23.2. The van der Waals surface area contributed by atoms with Gasteiger partial charge in [0.25, 0.3) is 5.91 Å². The van der Waals surface area contributed by atoms with Gasteiger partial charge in [-0.1, -0.05) is 50.6 Å². The number of halogens is 3. The van der Waals surface area contributed by atoms with Gasteiger partial charge in [0.1, 0.15) is 11.4 Å². The molecule has 1 aromatic carbocycles. The van der Waals surface area contributed by atoms with E-state index in [9.17, 15) is 18.0 Å². The Balaban J connectivity index is 1.94. The highest BCUT2D eigenvalue weighted by atomic mass is 19.4. The van der Waals surface area contributed by atoms with Crippen LogP contribution in [0.1, 0.15) is 81.0 Å². The number of hydrogen-bond acceptors (Lipinski definition) is 3. The molecule has 0 fully saturated rings. The van der Waals surface area contributed by atoms with Crippen LogP contribution >= 0.6 is 0 Å². The first-order chi connectivity index (χ1) is 14.2. The molecule has 0 radical (unpaired) electrons. The second-order valence-corrected chi connectivity index (χ2v) is 10.3. The number of aryl methyl sites for hydroxylation is 1. The minimum atomic E-state index is -4.48. The standard InChI is InChI=1S/C23H31F3N4O/c1-14-7-9-15(10-8-14)17-11-18(23(24,25)26)30-19(28-17)16(12-27-30)20(31)29-22(5,6)13-21(2,3)4/h7-10,12,17-18,28H,11,13H2,1-6H3,(H,29,31). The van der Waals surface area contributed by atoms with Gasteiger partial charge in [-0.2, -0.15) is 18.3 Å². The molecule has 0 aliphatic carbocycles. The van der Waals surface area contributed by atoms with Crippen molar-refractivity contribution in [2.75, 3.05) is 5.32 Å². The lowest BCUT2D eigenvalue weighted by Crippen LogP contribution is -2.46. The Morgan fingerprint density at radius 3 is 2.32 bits per heavy atom. The van der Waals surface area contributed by atoms with Crippen LogP contribution in [-0.2, 0) is 0 Å². The van der Waals surface area contributed by atoms with E-state index in [1.807, 2.05) is 45.0 Å². The van der Waals surface area contributed by atoms with Crippen LogP contribution in [0.5, 0.6) is 0 Å². The van der Waals surface area contributed by atoms with E-state index in [2.05, 4.69) is 36.5 Å². The molecule has 8 heteroatoms. The number of amides is 1. The highest BCUT2D eigenvalue weighted by Gasteiger charge is 2.47. The highest BCUT2D eigenvalue weighted by molar-refractivity contribution is 5.99. The Hall–Kier alpha value is -2.51. The van der Waals surface area contributed by atoms with Gasteiger partial charge in [0.2, 0.25) is 0 Å². The zero-order chi connectivity index (χ0) is 23.2. The smallest absolute Gasteiger partial charge is 0.363 e. The fourth-order valence-electron chi connectivity index (χ4n) is 4.49. The molecule has 2 atom stereocenters. The van der Waals surface area contributed by atoms with Crippen LogP contribution in [0.4, 0.5) is 19.0 Å². The minimum absolute atomic E-state index is 0.0224. The van der Waals surface area contributed by atoms with Gasteiger partial charge in [0.05, 0.1) is 12.2 Å². The van der Waals surface area contributed by atoms with Gasteiger partial charge in [0.15, 0.2) is 6.04 Å². The Morgan fingerprint density at radius 1 is 1.16 bits per heavy atom. The van der Waals surface area contributed by atoms with Crippen molar-refractivity contribution in [1.82, 2.24) is 15.1 Å². The third-order valence-electron chi connectivity index (χ3n) is 5.39. The van der Waals surface area contributed by atoms with E-state index in [0.717, 1.165) is 15.8 Å². The van der Waals surface area contributed by atoms with Crippen LogP contribution in [0.2, 0.25) is 0 Å². The fourth-order valence-corrected chi connectivity index (χ4v) is 4.49. The van der Waals surface area contributed by atoms with E-state index in [-0.39, 0.29) is 23.2 Å². The molecule has 2 N–H and O–H groups in total. The Kier molecular flexibility index (Phi) is 5.88. The molecule has 1 aromatic heterocycles. The molecular weight excluding hydrogens is 405 g/mol. The van der Waals surface area contributed by atoms with Crippen molar-refractivity contribution in [1.29, 1.82) is 0 Å². The van der Waals surface area contributed by atoms with E-state index in [0.29, 0.717) is 6.42 Å². The summed E-state index contributed by atoms with van der Waals surface area (Å²) >= 11 is 0. The van der Waals surface area contributed by atoms with Gasteiger partial charge in [-0.05, 0) is 38.2 Å². The number of nitrogens with zero attached hydrogens (tertiary/aromatic N) is 2. The number of aromatic nitrogens is 2. The molecule has 0 bridgehead atoms. The van der Waals surface area contributed by atoms with Gasteiger partial charge >= 0.3 is 6.18 Å². The molecular formula is C23H31F3N4O. The second kappa shape index (κ2) is 7.88. The normalized spacial score (nSPS) is 19.5. The number of carbonyl (C=O) groups is 1. The van der Waals surface area contributed by atoms with Crippen LogP contribution in [0.25, 0.3) is 0 Å². The highest BCUT2D eigenvalue weighted by Crippen LogP contribution is 2.44. The number of nitrogens with one attached hydrogen (secondary N) is 2. The van der Waals surface area contributed by atoms with Gasteiger partial charge in [0, 0.05) is 12.0 Å². The predicted octanol–water partition coefficient (Wildman–Crippen LogP) is 5.80. The van der Waals surface area contributed by atoms with Crippen LogP contribution < -0.4 is 10.6 Å². The average molecular weight is 437 g/mol. The zero-order valence-electron chi connectivity index (χ0n) is 18.9. The van der Waals surface area contributed by atoms with Gasteiger partial charge in [-0.25, -0.2) is 4.68 Å². The summed E-state index contributed by atoms with van der Waals surface area (Å²) < 4.78 is 42.5. The minimum Gasteiger partial charge on any atom is -0.363 e. The molecule has 0 saturated carbocycles. The molecule has 5 nitrogen and oxygen atoms in total. The van der Waals surface area contributed by atoms with E-state index in [1.165, 1.54) is 6.20 Å². The molecule has 3 rings (SSSR count). The molecule has 0 spiro atoms. The summed E-state index contributed by atoms with van der Waals surface area (Å²) in [6.07, 6.45) is -2.75. The van der Waals surface area contributed by atoms with Crippen molar-refractivity contribution in [2.45, 2.75) is 78.2 Å². The van der Waals surface area contributed by atoms with E-state index >= 15 is 0 Å². The van der Waals surface area contributed by atoms with Crippen LogP contribution in [0.3, 0.4) is 0 Å². The fraction of sp³-hybridized carbons (Fsp3) is 0.565. The summed E-state index contributed by atoms with van der Waals surface area (Å²) in [6, 6.07) is 4.99. The van der Waals surface area contributed by atoms with E-state index in [1.54, 1.807) is 0 Å². The SMILES string of the molecule is Cc1ccc(C2CC(C(F)(F)F)n3ncc(C(=O)NC(C)(C)CC(C)(C)C)c3N2)cc1. The molecule has 2 heterocycles. The molecule has 2 unspecified atom stereocenters. The number of fused-ring (bicyclic) bond motifs is 1.